The van der Waals surface area contributed by atoms with Gasteiger partial charge in [0.05, 0.1) is 30.9 Å². The summed E-state index contributed by atoms with van der Waals surface area (Å²) in [6, 6.07) is 7.13. The minimum Gasteiger partial charge on any atom is -0.443 e. The molecule has 3 N–H and O–H groups in total. The van der Waals surface area contributed by atoms with E-state index in [1.165, 1.54) is 17.3 Å². The van der Waals surface area contributed by atoms with E-state index in [4.69, 9.17) is 18.9 Å². The van der Waals surface area contributed by atoms with Crippen LogP contribution in [0.1, 0.15) is 40.0 Å². The molecule has 0 bridgehead atoms. The van der Waals surface area contributed by atoms with Gasteiger partial charge in [-0.1, -0.05) is 11.6 Å². The number of epoxide rings is 2. The average Bonchev–Trinajstić information content (AvgIpc) is 3.80. The van der Waals surface area contributed by atoms with Crippen LogP contribution in [-0.2, 0) is 28.5 Å². The fourth-order valence-electron chi connectivity index (χ4n) is 5.54. The predicted octanol–water partition coefficient (Wildman–Crippen LogP) is 3.27. The second kappa shape index (κ2) is 12.4. The second-order valence-electron chi connectivity index (χ2n) is 10.8. The van der Waals surface area contributed by atoms with Gasteiger partial charge in [0.1, 0.15) is 23.4 Å². The molecule has 214 valence electrons. The number of alkyl carbamates (subject to hydrolysis) is 1. The Morgan fingerprint density at radius 2 is 1.90 bits per heavy atom. The zero-order valence-electron chi connectivity index (χ0n) is 23.2. The van der Waals surface area contributed by atoms with Gasteiger partial charge in [-0.2, -0.15) is 0 Å². The van der Waals surface area contributed by atoms with Crippen molar-refractivity contribution in [2.75, 3.05) is 38.4 Å². The molecular formula is C28H39N3O7S. The van der Waals surface area contributed by atoms with Crippen molar-refractivity contribution < 1.29 is 33.3 Å². The molecule has 6 atom stereocenters. The molecule has 1 saturated carbocycles. The Kier molecular flexibility index (Phi) is 9.38. The molecule has 2 saturated heterocycles. The summed E-state index contributed by atoms with van der Waals surface area (Å²) in [6.45, 7) is 7.08. The average molecular weight is 562 g/mol. The summed E-state index contributed by atoms with van der Waals surface area (Å²) >= 11 is 1.28. The van der Waals surface area contributed by atoms with Crippen molar-refractivity contribution in [3.05, 3.63) is 35.9 Å². The van der Waals surface area contributed by atoms with E-state index in [1.54, 1.807) is 38.4 Å². The Morgan fingerprint density at radius 3 is 2.51 bits per heavy atom. The van der Waals surface area contributed by atoms with E-state index >= 15 is 0 Å². The van der Waals surface area contributed by atoms with Gasteiger partial charge in [-0.3, -0.25) is 14.9 Å². The number of amides is 3. The lowest BCUT2D eigenvalue weighted by Gasteiger charge is -2.42. The molecule has 1 spiro atoms. The summed E-state index contributed by atoms with van der Waals surface area (Å²) in [5.74, 6) is -0.650. The number of hydrogen-bond acceptors (Lipinski definition) is 9. The number of carbonyl (C=O) groups is 3. The van der Waals surface area contributed by atoms with Gasteiger partial charge in [-0.05, 0) is 71.3 Å². The minimum atomic E-state index is -0.787. The second-order valence-corrected chi connectivity index (χ2v) is 11.8. The molecule has 39 heavy (non-hydrogen) atoms. The van der Waals surface area contributed by atoms with E-state index in [2.05, 4.69) is 42.8 Å². The summed E-state index contributed by atoms with van der Waals surface area (Å²) in [6.07, 6.45) is 2.63. The Morgan fingerprint density at radius 1 is 1.18 bits per heavy atom. The van der Waals surface area contributed by atoms with Gasteiger partial charge >= 0.3 is 6.09 Å². The number of allylic oxidation sites excluding steroid dienone is 1. The quantitative estimate of drug-likeness (QED) is 0.212. The van der Waals surface area contributed by atoms with Gasteiger partial charge in [0, 0.05) is 17.7 Å². The summed E-state index contributed by atoms with van der Waals surface area (Å²) in [4.78, 5) is 37.6. The standard InChI is InChI=1S/C28H39N3O7S/c1-17(2)6-11-21-27(3,38-21)25-24(35-5)20(12-13-28(25)16-36-28)37-26(34)31-23(33)15-39-19-9-7-18(8-10-19)30-22(32)14-29-4/h6-10,20-21,24-25,29H,11-16H2,1-5H3,(H,30,32)(H,31,33,34)/t20?,21-,24?,25?,27-,28+/m1/s1. The molecule has 1 aromatic carbocycles. The van der Waals surface area contributed by atoms with Crippen molar-refractivity contribution in [3.8, 4) is 0 Å². The van der Waals surface area contributed by atoms with Crippen molar-refractivity contribution in [2.24, 2.45) is 5.92 Å². The molecule has 3 fully saturated rings. The maximum absolute atomic E-state index is 12.7. The number of ether oxygens (including phenoxy) is 4. The van der Waals surface area contributed by atoms with E-state index in [-0.39, 0.29) is 35.8 Å². The number of carbonyl (C=O) groups excluding carboxylic acids is 3. The van der Waals surface area contributed by atoms with Crippen LogP contribution in [0.5, 0.6) is 0 Å². The molecule has 10 nitrogen and oxygen atoms in total. The topological polar surface area (TPSA) is 131 Å². The Labute approximate surface area is 233 Å². The monoisotopic (exact) mass is 561 g/mol. The van der Waals surface area contributed by atoms with Crippen LogP contribution in [0, 0.1) is 5.92 Å². The normalized spacial score (nSPS) is 30.8. The highest BCUT2D eigenvalue weighted by atomic mass is 32.2. The first kappa shape index (κ1) is 29.5. The molecule has 2 heterocycles. The number of thioether (sulfide) groups is 1. The van der Waals surface area contributed by atoms with Crippen LogP contribution >= 0.6 is 11.8 Å². The number of methoxy groups -OCH3 is 1. The molecule has 3 unspecified atom stereocenters. The lowest BCUT2D eigenvalue weighted by Crippen LogP contribution is -2.56. The SMILES string of the molecule is CNCC(=O)Nc1ccc(SCC(=O)NC(=O)OC2CC[C@]3(CO3)C([C@]3(C)O[C@@H]3CC=C(C)C)C2OC)cc1. The molecule has 3 aliphatic rings. The van der Waals surface area contributed by atoms with E-state index in [0.717, 1.165) is 17.7 Å². The van der Waals surface area contributed by atoms with Gasteiger partial charge in [-0.25, -0.2) is 4.79 Å². The third-order valence-electron chi connectivity index (χ3n) is 7.58. The summed E-state index contributed by atoms with van der Waals surface area (Å²) in [5, 5.41) is 7.88. The van der Waals surface area contributed by atoms with Gasteiger partial charge in [0.25, 0.3) is 0 Å². The van der Waals surface area contributed by atoms with E-state index in [0.29, 0.717) is 18.7 Å². The predicted molar refractivity (Wildman–Crippen MR) is 148 cm³/mol. The number of nitrogens with one attached hydrogen (secondary N) is 3. The maximum atomic E-state index is 12.7. The lowest BCUT2D eigenvalue weighted by molar-refractivity contribution is -0.124. The van der Waals surface area contributed by atoms with Gasteiger partial charge in [0.2, 0.25) is 11.8 Å². The highest BCUT2D eigenvalue weighted by Gasteiger charge is 2.72. The van der Waals surface area contributed by atoms with Crippen molar-refractivity contribution in [3.63, 3.8) is 0 Å². The number of anilines is 1. The fraction of sp³-hybridized carbons (Fsp3) is 0.607. The smallest absolute Gasteiger partial charge is 0.414 e. The van der Waals surface area contributed by atoms with Gasteiger partial charge < -0.3 is 29.6 Å². The molecule has 1 aliphatic carbocycles. The van der Waals surface area contributed by atoms with Crippen molar-refractivity contribution >= 4 is 35.4 Å². The minimum absolute atomic E-state index is 0.0382. The summed E-state index contributed by atoms with van der Waals surface area (Å²) in [5.41, 5.74) is 1.16. The van der Waals surface area contributed by atoms with Gasteiger partial charge in [0.15, 0.2) is 0 Å². The fourth-order valence-corrected chi connectivity index (χ4v) is 6.23. The number of benzene rings is 1. The zero-order chi connectivity index (χ0) is 28.2. The third-order valence-corrected chi connectivity index (χ3v) is 8.59. The molecule has 4 rings (SSSR count). The van der Waals surface area contributed by atoms with E-state index < -0.39 is 29.8 Å². The van der Waals surface area contributed by atoms with E-state index in [1.807, 2.05) is 0 Å². The molecular weight excluding hydrogens is 522 g/mol. The summed E-state index contributed by atoms with van der Waals surface area (Å²) < 4.78 is 23.7. The van der Waals surface area contributed by atoms with E-state index in [9.17, 15) is 14.4 Å². The van der Waals surface area contributed by atoms with Crippen LogP contribution < -0.4 is 16.0 Å². The lowest BCUT2D eigenvalue weighted by atomic mass is 9.68. The number of imide groups is 1. The zero-order valence-corrected chi connectivity index (χ0v) is 24.0. The molecule has 0 radical (unpaired) electrons. The highest BCUT2D eigenvalue weighted by Crippen LogP contribution is 2.59. The Hall–Kier alpha value is -2.44. The largest absolute Gasteiger partial charge is 0.443 e. The first-order chi connectivity index (χ1) is 18.6. The molecule has 1 aromatic rings. The van der Waals surface area contributed by atoms with Crippen molar-refractivity contribution in [2.45, 2.75) is 74.4 Å². The first-order valence-electron chi connectivity index (χ1n) is 13.3. The van der Waals surface area contributed by atoms with Gasteiger partial charge in [-0.15, -0.1) is 11.8 Å². The molecule has 3 amide bonds. The van der Waals surface area contributed by atoms with Crippen molar-refractivity contribution in [1.82, 2.24) is 10.6 Å². The van der Waals surface area contributed by atoms with Crippen LogP contribution in [0.3, 0.4) is 0 Å². The molecule has 0 aromatic heterocycles. The van der Waals surface area contributed by atoms with Crippen LogP contribution in [0.4, 0.5) is 10.5 Å². The number of likely N-dealkylation sites (N-methyl/N-ethyl adjacent to an activating group) is 1. The first-order valence-corrected chi connectivity index (χ1v) is 14.2. The maximum Gasteiger partial charge on any atom is 0.414 e. The Balaban J connectivity index is 1.28. The summed E-state index contributed by atoms with van der Waals surface area (Å²) in [7, 11) is 3.31. The van der Waals surface area contributed by atoms with Crippen LogP contribution in [0.15, 0.2) is 40.8 Å². The van der Waals surface area contributed by atoms with Crippen LogP contribution in [0.2, 0.25) is 0 Å². The molecule has 11 heteroatoms. The number of rotatable bonds is 11. The highest BCUT2D eigenvalue weighted by molar-refractivity contribution is 8.00. The van der Waals surface area contributed by atoms with Crippen LogP contribution in [0.25, 0.3) is 0 Å². The number of hydrogen-bond donors (Lipinski definition) is 3. The Bertz CT molecular complexity index is 1090. The van der Waals surface area contributed by atoms with Crippen molar-refractivity contribution in [1.29, 1.82) is 0 Å². The third kappa shape index (κ3) is 7.20. The van der Waals surface area contributed by atoms with Crippen LogP contribution in [-0.4, -0.2) is 80.5 Å². The molecule has 2 aliphatic heterocycles.